The van der Waals surface area contributed by atoms with Gasteiger partial charge in [-0.3, -0.25) is 9.97 Å². The third-order valence-corrected chi connectivity index (χ3v) is 8.46. The van der Waals surface area contributed by atoms with Gasteiger partial charge in [-0.1, -0.05) is 91.0 Å². The van der Waals surface area contributed by atoms with Crippen LogP contribution in [0.4, 0.5) is 0 Å². The van der Waals surface area contributed by atoms with Crippen LogP contribution in [0.15, 0.2) is 152 Å². The molecule has 3 nitrogen and oxygen atoms in total. The molecule has 0 atom stereocenters. The molecule has 0 aliphatic carbocycles. The lowest BCUT2D eigenvalue weighted by Gasteiger charge is -2.20. The van der Waals surface area contributed by atoms with Crippen LogP contribution in [0, 0.1) is 6.92 Å². The Labute approximate surface area is 256 Å². The number of H-pyrrole nitrogens is 1. The molecule has 0 saturated heterocycles. The summed E-state index contributed by atoms with van der Waals surface area (Å²) in [7, 11) is 0. The fourth-order valence-corrected chi connectivity index (χ4v) is 6.38. The summed E-state index contributed by atoms with van der Waals surface area (Å²) < 4.78 is 0. The summed E-state index contributed by atoms with van der Waals surface area (Å²) in [6, 6.07) is 49.4. The Morgan fingerprint density at radius 2 is 1.07 bits per heavy atom. The van der Waals surface area contributed by atoms with E-state index >= 15 is 0 Å². The highest BCUT2D eigenvalue weighted by atomic mass is 14.7. The molecule has 3 heteroatoms. The molecular weight excluding hydrogens is 534 g/mol. The summed E-state index contributed by atoms with van der Waals surface area (Å²) in [5.41, 5.74) is 14.7. The molecule has 3 heterocycles. The van der Waals surface area contributed by atoms with E-state index in [1.54, 1.807) is 0 Å². The van der Waals surface area contributed by atoms with Crippen molar-refractivity contribution in [1.82, 2.24) is 15.0 Å². The van der Waals surface area contributed by atoms with Crippen LogP contribution in [0.3, 0.4) is 0 Å². The van der Waals surface area contributed by atoms with Gasteiger partial charge in [-0.2, -0.15) is 0 Å². The zero-order chi connectivity index (χ0) is 29.5. The average molecular weight is 564 g/mol. The first kappa shape index (κ1) is 25.9. The maximum absolute atomic E-state index is 4.67. The van der Waals surface area contributed by atoms with Crippen molar-refractivity contribution < 1.29 is 0 Å². The Hall–Kier alpha value is -5.80. The average Bonchev–Trinajstić information content (AvgIpc) is 3.47. The molecule has 0 bridgehead atoms. The van der Waals surface area contributed by atoms with Crippen LogP contribution in [0.5, 0.6) is 0 Å². The van der Waals surface area contributed by atoms with E-state index < -0.39 is 0 Å². The van der Waals surface area contributed by atoms with Gasteiger partial charge in [0.25, 0.3) is 0 Å². The number of aromatic nitrogens is 3. The van der Waals surface area contributed by atoms with Crippen LogP contribution in [0.1, 0.15) is 5.56 Å². The Morgan fingerprint density at radius 1 is 0.455 bits per heavy atom. The van der Waals surface area contributed by atoms with E-state index in [0.29, 0.717) is 0 Å². The number of hydrogen-bond donors (Lipinski definition) is 1. The molecule has 208 valence electrons. The minimum absolute atomic E-state index is 0.956. The zero-order valence-electron chi connectivity index (χ0n) is 24.3. The van der Waals surface area contributed by atoms with E-state index in [1.807, 2.05) is 36.7 Å². The minimum Gasteiger partial charge on any atom is -0.354 e. The van der Waals surface area contributed by atoms with Crippen LogP contribution in [-0.4, -0.2) is 15.0 Å². The highest BCUT2D eigenvalue weighted by Crippen LogP contribution is 2.47. The molecule has 0 spiro atoms. The van der Waals surface area contributed by atoms with Gasteiger partial charge in [0, 0.05) is 45.4 Å². The van der Waals surface area contributed by atoms with Crippen LogP contribution in [-0.2, 0) is 0 Å². The van der Waals surface area contributed by atoms with E-state index in [9.17, 15) is 0 Å². The Balaban J connectivity index is 1.51. The van der Waals surface area contributed by atoms with E-state index in [1.165, 1.54) is 38.6 Å². The molecular formula is C41H29N3. The monoisotopic (exact) mass is 563 g/mol. The smallest absolute Gasteiger partial charge is 0.0702 e. The number of hydrogen-bond acceptors (Lipinski definition) is 2. The third-order valence-electron chi connectivity index (χ3n) is 8.46. The van der Waals surface area contributed by atoms with Crippen LogP contribution in [0.2, 0.25) is 0 Å². The first-order valence-corrected chi connectivity index (χ1v) is 14.9. The van der Waals surface area contributed by atoms with Crippen molar-refractivity contribution in [2.45, 2.75) is 6.92 Å². The number of fused-ring (bicyclic) bond motifs is 3. The van der Waals surface area contributed by atoms with E-state index in [0.717, 1.165) is 44.7 Å². The molecule has 0 amide bonds. The van der Waals surface area contributed by atoms with Gasteiger partial charge in [-0.25, -0.2) is 0 Å². The van der Waals surface area contributed by atoms with Crippen molar-refractivity contribution in [3.8, 4) is 55.9 Å². The molecule has 0 unspecified atom stereocenters. The lowest BCUT2D eigenvalue weighted by Crippen LogP contribution is -1.95. The third kappa shape index (κ3) is 4.47. The quantitative estimate of drug-likeness (QED) is 0.226. The van der Waals surface area contributed by atoms with Gasteiger partial charge < -0.3 is 4.98 Å². The number of pyridine rings is 2. The van der Waals surface area contributed by atoms with Crippen molar-refractivity contribution in [1.29, 1.82) is 0 Å². The Morgan fingerprint density at radius 3 is 1.77 bits per heavy atom. The second-order valence-corrected chi connectivity index (χ2v) is 11.2. The van der Waals surface area contributed by atoms with E-state index in [-0.39, 0.29) is 0 Å². The van der Waals surface area contributed by atoms with Gasteiger partial charge in [0.2, 0.25) is 0 Å². The van der Waals surface area contributed by atoms with Crippen LogP contribution < -0.4 is 0 Å². The largest absolute Gasteiger partial charge is 0.354 e. The fourth-order valence-electron chi connectivity index (χ4n) is 6.38. The van der Waals surface area contributed by atoms with Crippen molar-refractivity contribution in [2.24, 2.45) is 0 Å². The second-order valence-electron chi connectivity index (χ2n) is 11.2. The molecule has 3 aromatic heterocycles. The van der Waals surface area contributed by atoms with Crippen molar-refractivity contribution in [3.05, 3.63) is 157 Å². The number of para-hydroxylation sites is 1. The van der Waals surface area contributed by atoms with Gasteiger partial charge in [0.15, 0.2) is 0 Å². The summed E-state index contributed by atoms with van der Waals surface area (Å²) in [5, 5.41) is 2.43. The summed E-state index contributed by atoms with van der Waals surface area (Å²) in [6.07, 6.45) is 3.71. The number of rotatable bonds is 5. The number of aryl methyl sites for hydroxylation is 1. The molecule has 8 rings (SSSR count). The molecule has 1 N–H and O–H groups in total. The molecule has 0 radical (unpaired) electrons. The zero-order valence-corrected chi connectivity index (χ0v) is 24.3. The minimum atomic E-state index is 0.956. The highest BCUT2D eigenvalue weighted by Gasteiger charge is 2.22. The first-order chi connectivity index (χ1) is 21.7. The van der Waals surface area contributed by atoms with Gasteiger partial charge in [-0.15, -0.1) is 0 Å². The predicted molar refractivity (Wildman–Crippen MR) is 183 cm³/mol. The Bertz CT molecular complexity index is 2280. The second kappa shape index (κ2) is 10.8. The maximum Gasteiger partial charge on any atom is 0.0702 e. The highest BCUT2D eigenvalue weighted by molar-refractivity contribution is 6.18. The lowest BCUT2D eigenvalue weighted by atomic mass is 9.83. The van der Waals surface area contributed by atoms with Crippen LogP contribution in [0.25, 0.3) is 77.7 Å². The lowest BCUT2D eigenvalue weighted by molar-refractivity contribution is 1.33. The van der Waals surface area contributed by atoms with Crippen molar-refractivity contribution >= 4 is 21.8 Å². The van der Waals surface area contributed by atoms with Crippen molar-refractivity contribution in [2.75, 3.05) is 0 Å². The molecule has 44 heavy (non-hydrogen) atoms. The van der Waals surface area contributed by atoms with Gasteiger partial charge in [0.1, 0.15) is 0 Å². The molecule has 0 aliphatic heterocycles. The van der Waals surface area contributed by atoms with E-state index in [4.69, 9.17) is 0 Å². The van der Waals surface area contributed by atoms with Gasteiger partial charge >= 0.3 is 0 Å². The number of aromatic amines is 1. The normalized spacial score (nSPS) is 11.3. The van der Waals surface area contributed by atoms with Gasteiger partial charge in [0.05, 0.1) is 16.9 Å². The first-order valence-electron chi connectivity index (χ1n) is 14.9. The SMILES string of the molecule is Cc1ccccc1-c1c(-c2cccc(-c3ccccn3)c2)c(-c2cccc(-c3ccccn3)c2)cc2c1[nH]c1ccccc12. The summed E-state index contributed by atoms with van der Waals surface area (Å²) in [4.78, 5) is 13.1. The number of nitrogens with one attached hydrogen (secondary N) is 1. The topological polar surface area (TPSA) is 41.6 Å². The predicted octanol–water partition coefficient (Wildman–Crippen LogP) is 10.8. The number of nitrogens with zero attached hydrogens (tertiary/aromatic N) is 2. The molecule has 5 aromatic carbocycles. The summed E-state index contributed by atoms with van der Waals surface area (Å²) >= 11 is 0. The molecule has 8 aromatic rings. The summed E-state index contributed by atoms with van der Waals surface area (Å²) in [6.45, 7) is 2.20. The van der Waals surface area contributed by atoms with Gasteiger partial charge in [-0.05, 0) is 88.8 Å². The molecule has 0 aliphatic rings. The van der Waals surface area contributed by atoms with E-state index in [2.05, 4.69) is 137 Å². The van der Waals surface area contributed by atoms with Crippen molar-refractivity contribution in [3.63, 3.8) is 0 Å². The fraction of sp³-hybridized carbons (Fsp3) is 0.0244. The maximum atomic E-state index is 4.67. The number of benzene rings is 5. The summed E-state index contributed by atoms with van der Waals surface area (Å²) in [5.74, 6) is 0. The Kier molecular flexibility index (Phi) is 6.35. The standard InChI is InChI=1S/C41H29N3/c1-27-12-2-3-17-32(27)40-39(31-16-11-15-30(25-31)37-20-7-9-23-43-37)34(26-35-33-18-4-5-21-38(33)44-41(35)40)28-13-10-14-29(24-28)36-19-6-8-22-42-36/h2-26,44H,1H3. The molecule has 0 fully saturated rings. The van der Waals surface area contributed by atoms with Crippen LogP contribution >= 0.6 is 0 Å². The molecule has 0 saturated carbocycles.